The summed E-state index contributed by atoms with van der Waals surface area (Å²) in [4.78, 5) is 0. The van der Waals surface area contributed by atoms with Crippen LogP contribution in [0.1, 0.15) is 22.3 Å². The zero-order chi connectivity index (χ0) is 30.5. The van der Waals surface area contributed by atoms with Crippen molar-refractivity contribution in [2.24, 2.45) is 0 Å². The molecule has 0 aromatic heterocycles. The van der Waals surface area contributed by atoms with E-state index < -0.39 is 0 Å². The zero-order valence-corrected chi connectivity index (χ0v) is 24.8. The van der Waals surface area contributed by atoms with Gasteiger partial charge in [-0.25, -0.2) is 0 Å². The van der Waals surface area contributed by atoms with Gasteiger partial charge in [-0.3, -0.25) is 0 Å². The molecule has 0 bridgehead atoms. The van der Waals surface area contributed by atoms with Gasteiger partial charge in [0.25, 0.3) is 0 Å². The van der Waals surface area contributed by atoms with E-state index in [4.69, 9.17) is 37.9 Å². The van der Waals surface area contributed by atoms with Crippen molar-refractivity contribution >= 4 is 24.3 Å². The van der Waals surface area contributed by atoms with Crippen LogP contribution >= 0.6 is 0 Å². The fourth-order valence-corrected chi connectivity index (χ4v) is 4.18. The molecule has 0 aliphatic rings. The molecule has 0 saturated carbocycles. The summed E-state index contributed by atoms with van der Waals surface area (Å²) in [6.07, 6.45) is 7.44. The van der Waals surface area contributed by atoms with E-state index in [1.54, 1.807) is 42.7 Å². The summed E-state index contributed by atoms with van der Waals surface area (Å²) in [5.74, 6) is 4.11. The van der Waals surface area contributed by atoms with Crippen LogP contribution in [0.2, 0.25) is 0 Å². The predicted molar refractivity (Wildman–Crippen MR) is 162 cm³/mol. The monoisotopic (exact) mass is 582 g/mol. The molecule has 0 unspecified atom stereocenters. The van der Waals surface area contributed by atoms with Crippen molar-refractivity contribution in [3.05, 3.63) is 58.7 Å². The Kier molecular flexibility index (Phi) is 12.2. The molecule has 3 aromatic carbocycles. The van der Waals surface area contributed by atoms with Crippen LogP contribution < -0.4 is 37.9 Å². The van der Waals surface area contributed by atoms with Crippen LogP contribution in [0.15, 0.2) is 36.4 Å². The Morgan fingerprint density at radius 2 is 0.786 bits per heavy atom. The Bertz CT molecular complexity index is 1220. The van der Waals surface area contributed by atoms with Crippen LogP contribution in [0, 0.1) is 0 Å². The quantitative estimate of drug-likeness (QED) is 0.228. The average molecular weight is 583 g/mol. The highest BCUT2D eigenvalue weighted by Crippen LogP contribution is 2.40. The zero-order valence-electron chi connectivity index (χ0n) is 24.8. The Labute approximate surface area is 246 Å². The molecular weight excluding hydrogens is 544 g/mol. The first-order valence-electron chi connectivity index (χ1n) is 13.1. The summed E-state index contributed by atoms with van der Waals surface area (Å²) in [5.41, 5.74) is 2.97. The van der Waals surface area contributed by atoms with Gasteiger partial charge in [-0.15, -0.1) is 0 Å². The Morgan fingerprint density at radius 1 is 0.452 bits per heavy atom. The normalized spacial score (nSPS) is 11.0. The van der Waals surface area contributed by atoms with Crippen molar-refractivity contribution in [3.63, 3.8) is 0 Å². The molecule has 0 fully saturated rings. The van der Waals surface area contributed by atoms with E-state index in [0.717, 1.165) is 11.1 Å². The summed E-state index contributed by atoms with van der Waals surface area (Å²) in [5, 5.41) is 18.9. The van der Waals surface area contributed by atoms with Gasteiger partial charge in [0.1, 0.15) is 24.7 Å². The smallest absolute Gasteiger partial charge is 0.203 e. The number of aliphatic hydroxyl groups is 2. The molecule has 0 amide bonds. The summed E-state index contributed by atoms with van der Waals surface area (Å²) in [6, 6.07) is 10.9. The van der Waals surface area contributed by atoms with Crippen LogP contribution in [0.5, 0.6) is 46.0 Å². The van der Waals surface area contributed by atoms with Crippen LogP contribution in [-0.2, 0) is 0 Å². The number of ether oxygens (including phenoxy) is 8. The first-order valence-corrected chi connectivity index (χ1v) is 13.1. The Morgan fingerprint density at radius 3 is 1.05 bits per heavy atom. The van der Waals surface area contributed by atoms with Crippen LogP contribution in [0.4, 0.5) is 0 Å². The van der Waals surface area contributed by atoms with E-state index in [1.807, 2.05) is 60.7 Å². The van der Waals surface area contributed by atoms with Gasteiger partial charge in [-0.05, 0) is 47.5 Å². The second-order valence-corrected chi connectivity index (χ2v) is 8.66. The third-order valence-corrected chi connectivity index (χ3v) is 6.12. The second-order valence-electron chi connectivity index (χ2n) is 8.66. The van der Waals surface area contributed by atoms with E-state index >= 15 is 0 Å². The second kappa shape index (κ2) is 16.0. The van der Waals surface area contributed by atoms with Crippen molar-refractivity contribution < 1.29 is 48.1 Å². The molecule has 0 spiro atoms. The molecule has 10 heteroatoms. The molecule has 0 aliphatic heterocycles. The van der Waals surface area contributed by atoms with Gasteiger partial charge >= 0.3 is 0 Å². The van der Waals surface area contributed by atoms with Gasteiger partial charge in [0.2, 0.25) is 11.5 Å². The molecule has 42 heavy (non-hydrogen) atoms. The predicted octanol–water partition coefficient (Wildman–Crippen LogP) is 4.82. The third-order valence-electron chi connectivity index (χ3n) is 6.12. The minimum atomic E-state index is -0.157. The minimum absolute atomic E-state index is 0.0951. The average Bonchev–Trinajstić information content (AvgIpc) is 3.03. The largest absolute Gasteiger partial charge is 0.493 e. The molecule has 0 radical (unpaired) electrons. The molecule has 0 atom stereocenters. The number of rotatable bonds is 16. The van der Waals surface area contributed by atoms with Crippen molar-refractivity contribution in [1.82, 2.24) is 0 Å². The fourth-order valence-electron chi connectivity index (χ4n) is 4.18. The lowest BCUT2D eigenvalue weighted by molar-refractivity contribution is 0.197. The van der Waals surface area contributed by atoms with Crippen molar-refractivity contribution in [2.45, 2.75) is 0 Å². The Balaban J connectivity index is 2.08. The maximum Gasteiger partial charge on any atom is 0.203 e. The van der Waals surface area contributed by atoms with Crippen molar-refractivity contribution in [2.75, 3.05) is 69.1 Å². The number of hydrogen-bond donors (Lipinski definition) is 2. The van der Waals surface area contributed by atoms with Crippen LogP contribution in [0.25, 0.3) is 24.3 Å². The van der Waals surface area contributed by atoms with Gasteiger partial charge in [-0.1, -0.05) is 24.3 Å². The minimum Gasteiger partial charge on any atom is -0.493 e. The van der Waals surface area contributed by atoms with E-state index in [2.05, 4.69) is 0 Å². The molecule has 2 N–H and O–H groups in total. The van der Waals surface area contributed by atoms with Crippen molar-refractivity contribution in [1.29, 1.82) is 0 Å². The van der Waals surface area contributed by atoms with Gasteiger partial charge in [0.05, 0.1) is 55.9 Å². The van der Waals surface area contributed by atoms with Gasteiger partial charge in [0, 0.05) is 11.1 Å². The molecule has 0 heterocycles. The number of aliphatic hydroxyl groups excluding tert-OH is 2. The summed E-state index contributed by atoms with van der Waals surface area (Å²) in [6.45, 7) is -0.124. The van der Waals surface area contributed by atoms with Gasteiger partial charge < -0.3 is 48.1 Å². The summed E-state index contributed by atoms with van der Waals surface area (Å²) in [7, 11) is 9.32. The molecule has 226 valence electrons. The molecule has 0 saturated heterocycles. The fraction of sp³-hybridized carbons (Fsp3) is 0.312. The third kappa shape index (κ3) is 7.80. The topological polar surface area (TPSA) is 114 Å². The highest BCUT2D eigenvalue weighted by molar-refractivity contribution is 5.80. The van der Waals surface area contributed by atoms with E-state index in [0.29, 0.717) is 57.1 Å². The number of benzene rings is 3. The maximum atomic E-state index is 9.44. The SMILES string of the molecule is COc1cc(/C=C/c2cc(OCCO)c(/C=C/c3cc(OC)c(OC)c(OC)c3)cc2OCCO)cc(OC)c1OC. The van der Waals surface area contributed by atoms with Crippen LogP contribution in [-0.4, -0.2) is 79.3 Å². The number of hydrogen-bond acceptors (Lipinski definition) is 10. The number of methoxy groups -OCH3 is 6. The van der Waals surface area contributed by atoms with Crippen molar-refractivity contribution in [3.8, 4) is 46.0 Å². The molecular formula is C32H38O10. The molecule has 3 aromatic rings. The maximum absolute atomic E-state index is 9.44. The van der Waals surface area contributed by atoms with E-state index in [1.165, 1.54) is 0 Å². The molecule has 3 rings (SSSR count). The van der Waals surface area contributed by atoms with Crippen LogP contribution in [0.3, 0.4) is 0 Å². The van der Waals surface area contributed by atoms with Gasteiger partial charge in [0.15, 0.2) is 23.0 Å². The summed E-state index contributed by atoms with van der Waals surface area (Å²) >= 11 is 0. The lowest BCUT2D eigenvalue weighted by atomic mass is 10.0. The Hall–Kier alpha value is -4.54. The van der Waals surface area contributed by atoms with E-state index in [-0.39, 0.29) is 26.4 Å². The summed E-state index contributed by atoms with van der Waals surface area (Å²) < 4.78 is 44.5. The first-order chi connectivity index (χ1) is 20.5. The van der Waals surface area contributed by atoms with E-state index in [9.17, 15) is 10.2 Å². The highest BCUT2D eigenvalue weighted by atomic mass is 16.5. The molecule has 10 nitrogen and oxygen atoms in total. The molecule has 0 aliphatic carbocycles. The highest BCUT2D eigenvalue weighted by Gasteiger charge is 2.15. The standard InChI is InChI=1S/C32H38O10/c1-35-27-15-21(16-28(36-2)31(27)39-5)7-9-23-19-26(42-14-12-34)24(20-25(23)41-13-11-33)10-8-22-17-29(37-3)32(40-6)30(18-22)38-4/h7-10,15-20,33-34H,11-14H2,1-6H3/b9-7+,10-8+. The lowest BCUT2D eigenvalue weighted by Crippen LogP contribution is -2.06. The van der Waals surface area contributed by atoms with Gasteiger partial charge in [-0.2, -0.15) is 0 Å². The first kappa shape index (κ1) is 32.0. The lowest BCUT2D eigenvalue weighted by Gasteiger charge is -2.15.